The molecular weight excluding hydrogens is 364 g/mol. The van der Waals surface area contributed by atoms with Gasteiger partial charge in [0.15, 0.2) is 11.8 Å². The number of rotatable bonds is 9. The smallest absolute Gasteiger partial charge is 0.257 e. The van der Waals surface area contributed by atoms with Crippen LogP contribution in [0.25, 0.3) is 11.5 Å². The van der Waals surface area contributed by atoms with E-state index in [2.05, 4.69) is 49.8 Å². The first-order chi connectivity index (χ1) is 14.3. The average Bonchev–Trinajstić information content (AvgIpc) is 3.24. The van der Waals surface area contributed by atoms with Crippen molar-refractivity contribution in [2.45, 2.75) is 33.1 Å². The summed E-state index contributed by atoms with van der Waals surface area (Å²) in [6.07, 6.45) is 4.31. The molecule has 0 amide bonds. The normalized spacial score (nSPS) is 11.4. The summed E-state index contributed by atoms with van der Waals surface area (Å²) in [4.78, 5) is 13.3. The second kappa shape index (κ2) is 10.9. The molecule has 3 rings (SSSR count). The van der Waals surface area contributed by atoms with Crippen LogP contribution in [0, 0.1) is 0 Å². The van der Waals surface area contributed by atoms with E-state index in [4.69, 9.17) is 4.52 Å². The van der Waals surface area contributed by atoms with Gasteiger partial charge in [0, 0.05) is 49.9 Å². The quantitative estimate of drug-likeness (QED) is 0.430. The van der Waals surface area contributed by atoms with Gasteiger partial charge in [0.25, 0.3) is 5.89 Å². The van der Waals surface area contributed by atoms with Crippen molar-refractivity contribution in [2.75, 3.05) is 19.6 Å². The molecule has 3 aromatic rings. The van der Waals surface area contributed by atoms with Crippen LogP contribution in [0.4, 0.5) is 0 Å². The zero-order chi connectivity index (χ0) is 20.3. The van der Waals surface area contributed by atoms with E-state index in [-0.39, 0.29) is 0 Å². The molecule has 0 spiro atoms. The Hall–Kier alpha value is -3.22. The third kappa shape index (κ3) is 6.41. The molecule has 0 aliphatic carbocycles. The topological polar surface area (TPSA) is 88.2 Å². The Labute approximate surface area is 171 Å². The lowest BCUT2D eigenvalue weighted by Gasteiger charge is -2.11. The highest BCUT2D eigenvalue weighted by molar-refractivity contribution is 5.79. The van der Waals surface area contributed by atoms with Gasteiger partial charge in [-0.3, -0.25) is 9.98 Å². The first-order valence-corrected chi connectivity index (χ1v) is 10.1. The molecule has 0 radical (unpaired) electrons. The molecule has 0 aliphatic rings. The van der Waals surface area contributed by atoms with E-state index < -0.39 is 0 Å². The summed E-state index contributed by atoms with van der Waals surface area (Å²) < 4.78 is 5.29. The maximum atomic E-state index is 5.29. The van der Waals surface area contributed by atoms with E-state index >= 15 is 0 Å². The minimum absolute atomic E-state index is 0.570. The van der Waals surface area contributed by atoms with Crippen molar-refractivity contribution in [1.29, 1.82) is 0 Å². The average molecular weight is 393 g/mol. The zero-order valence-electron chi connectivity index (χ0n) is 17.1. The van der Waals surface area contributed by atoms with Crippen LogP contribution in [0.2, 0.25) is 0 Å². The highest BCUT2D eigenvalue weighted by atomic mass is 16.5. The predicted molar refractivity (Wildman–Crippen MR) is 115 cm³/mol. The molecular formula is C22H28N6O. The maximum Gasteiger partial charge on any atom is 0.257 e. The summed E-state index contributed by atoms with van der Waals surface area (Å²) in [7, 11) is 0. The van der Waals surface area contributed by atoms with Gasteiger partial charge in [-0.2, -0.15) is 4.98 Å². The van der Waals surface area contributed by atoms with Gasteiger partial charge in [0.1, 0.15) is 0 Å². The molecule has 2 N–H and O–H groups in total. The second-order valence-corrected chi connectivity index (χ2v) is 6.57. The largest absolute Gasteiger partial charge is 0.357 e. The van der Waals surface area contributed by atoms with Crippen LogP contribution in [0.15, 0.2) is 58.2 Å². The van der Waals surface area contributed by atoms with E-state index in [1.165, 1.54) is 5.56 Å². The van der Waals surface area contributed by atoms with Crippen LogP contribution in [-0.2, 0) is 19.3 Å². The molecule has 0 bridgehead atoms. The second-order valence-electron chi connectivity index (χ2n) is 6.57. The number of aromatic nitrogens is 3. The SMILES string of the molecule is CCNC(=NCCc1ccccn1)NCCc1ccc(-c2nc(CC)no2)cc1. The fraction of sp³-hybridized carbons (Fsp3) is 0.364. The Kier molecular flexibility index (Phi) is 7.74. The van der Waals surface area contributed by atoms with Crippen LogP contribution in [-0.4, -0.2) is 40.7 Å². The molecule has 0 unspecified atom stereocenters. The molecule has 0 aliphatic heterocycles. The van der Waals surface area contributed by atoms with Gasteiger partial charge in [-0.15, -0.1) is 0 Å². The van der Waals surface area contributed by atoms with Gasteiger partial charge < -0.3 is 15.2 Å². The summed E-state index contributed by atoms with van der Waals surface area (Å²) in [5.41, 5.74) is 3.23. The minimum atomic E-state index is 0.570. The Bertz CT molecular complexity index is 889. The number of nitrogens with zero attached hydrogens (tertiary/aromatic N) is 4. The molecule has 0 atom stereocenters. The van der Waals surface area contributed by atoms with Crippen molar-refractivity contribution >= 4 is 5.96 Å². The molecule has 29 heavy (non-hydrogen) atoms. The van der Waals surface area contributed by atoms with Crippen LogP contribution in [0.1, 0.15) is 30.9 Å². The number of hydrogen-bond acceptors (Lipinski definition) is 5. The van der Waals surface area contributed by atoms with Crippen molar-refractivity contribution in [1.82, 2.24) is 25.8 Å². The van der Waals surface area contributed by atoms with Crippen LogP contribution in [0.5, 0.6) is 0 Å². The van der Waals surface area contributed by atoms with Crippen LogP contribution in [0.3, 0.4) is 0 Å². The standard InChI is InChI=1S/C22H28N6O/c1-3-20-27-21(29-28-20)18-10-8-17(9-11-18)12-15-25-22(23-4-2)26-16-13-19-7-5-6-14-24-19/h5-11,14H,3-4,12-13,15-16H2,1-2H3,(H2,23,25,26). The monoisotopic (exact) mass is 392 g/mol. The Morgan fingerprint density at radius 1 is 1.03 bits per heavy atom. The summed E-state index contributed by atoms with van der Waals surface area (Å²) in [6, 6.07) is 14.2. The predicted octanol–water partition coefficient (Wildman–Crippen LogP) is 3.03. The molecule has 0 saturated heterocycles. The Morgan fingerprint density at radius 3 is 2.59 bits per heavy atom. The molecule has 2 aromatic heterocycles. The summed E-state index contributed by atoms with van der Waals surface area (Å²) in [5, 5.41) is 10.6. The minimum Gasteiger partial charge on any atom is -0.357 e. The van der Waals surface area contributed by atoms with E-state index in [1.807, 2.05) is 43.5 Å². The summed E-state index contributed by atoms with van der Waals surface area (Å²) >= 11 is 0. The fourth-order valence-corrected chi connectivity index (χ4v) is 2.82. The first-order valence-electron chi connectivity index (χ1n) is 10.1. The zero-order valence-corrected chi connectivity index (χ0v) is 17.1. The number of hydrogen-bond donors (Lipinski definition) is 2. The van der Waals surface area contributed by atoms with Crippen molar-refractivity contribution in [3.8, 4) is 11.5 Å². The first kappa shape index (κ1) is 20.5. The highest BCUT2D eigenvalue weighted by Gasteiger charge is 2.07. The Morgan fingerprint density at radius 2 is 1.90 bits per heavy atom. The molecule has 0 saturated carbocycles. The van der Waals surface area contributed by atoms with E-state index in [0.29, 0.717) is 12.4 Å². The fourth-order valence-electron chi connectivity index (χ4n) is 2.82. The maximum absolute atomic E-state index is 5.29. The summed E-state index contributed by atoms with van der Waals surface area (Å²) in [5.74, 6) is 2.13. The van der Waals surface area contributed by atoms with Crippen molar-refractivity contribution in [2.24, 2.45) is 4.99 Å². The molecule has 7 nitrogen and oxygen atoms in total. The lowest BCUT2D eigenvalue weighted by molar-refractivity contribution is 0.423. The van der Waals surface area contributed by atoms with Gasteiger partial charge in [-0.25, -0.2) is 0 Å². The van der Waals surface area contributed by atoms with E-state index in [0.717, 1.165) is 55.4 Å². The van der Waals surface area contributed by atoms with Crippen molar-refractivity contribution in [3.63, 3.8) is 0 Å². The lowest BCUT2D eigenvalue weighted by atomic mass is 10.1. The van der Waals surface area contributed by atoms with E-state index in [1.54, 1.807) is 0 Å². The highest BCUT2D eigenvalue weighted by Crippen LogP contribution is 2.18. The third-order valence-electron chi connectivity index (χ3n) is 4.40. The van der Waals surface area contributed by atoms with Crippen molar-refractivity contribution in [3.05, 3.63) is 65.7 Å². The number of aliphatic imine (C=N–C) groups is 1. The van der Waals surface area contributed by atoms with E-state index in [9.17, 15) is 0 Å². The van der Waals surface area contributed by atoms with Crippen molar-refractivity contribution < 1.29 is 4.52 Å². The molecule has 0 fully saturated rings. The Balaban J connectivity index is 1.48. The van der Waals surface area contributed by atoms with Gasteiger partial charge in [-0.05, 0) is 43.2 Å². The molecule has 7 heteroatoms. The lowest BCUT2D eigenvalue weighted by Crippen LogP contribution is -2.38. The van der Waals surface area contributed by atoms with Crippen LogP contribution < -0.4 is 10.6 Å². The number of pyridine rings is 1. The van der Waals surface area contributed by atoms with Gasteiger partial charge in [-0.1, -0.05) is 30.3 Å². The van der Waals surface area contributed by atoms with Gasteiger partial charge in [0.2, 0.25) is 0 Å². The number of guanidine groups is 1. The third-order valence-corrected chi connectivity index (χ3v) is 4.40. The molecule has 152 valence electrons. The van der Waals surface area contributed by atoms with Gasteiger partial charge >= 0.3 is 0 Å². The molecule has 1 aromatic carbocycles. The van der Waals surface area contributed by atoms with Gasteiger partial charge in [0.05, 0.1) is 0 Å². The van der Waals surface area contributed by atoms with Crippen LogP contribution >= 0.6 is 0 Å². The number of nitrogens with one attached hydrogen (secondary N) is 2. The summed E-state index contributed by atoms with van der Waals surface area (Å²) in [6.45, 7) is 6.40. The molecule has 2 heterocycles. The number of aryl methyl sites for hydroxylation is 1. The number of benzene rings is 1.